The molecular weight excluding hydrogens is 382 g/mol. The summed E-state index contributed by atoms with van der Waals surface area (Å²) in [5, 5.41) is 5.41. The molecule has 0 aromatic heterocycles. The molecule has 1 saturated heterocycles. The van der Waals surface area contributed by atoms with E-state index in [0.29, 0.717) is 23.6 Å². The average Bonchev–Trinajstić information content (AvgIpc) is 2.77. The number of hydrogen-bond donors (Lipinski definition) is 2. The monoisotopic (exact) mass is 407 g/mol. The van der Waals surface area contributed by atoms with Crippen LogP contribution in [0.1, 0.15) is 24.8 Å². The topological polar surface area (TPSA) is 79.9 Å². The van der Waals surface area contributed by atoms with Crippen molar-refractivity contribution in [2.45, 2.75) is 19.3 Å². The van der Waals surface area contributed by atoms with Crippen molar-refractivity contribution in [1.82, 2.24) is 5.32 Å². The van der Waals surface area contributed by atoms with Crippen molar-refractivity contribution >= 4 is 23.3 Å². The Hall–Kier alpha value is -3.66. The second-order valence-electron chi connectivity index (χ2n) is 6.70. The van der Waals surface area contributed by atoms with Crippen LogP contribution < -0.4 is 25.0 Å². The first-order chi connectivity index (χ1) is 14.6. The molecule has 0 atom stereocenters. The molecule has 0 unspecified atom stereocenters. The zero-order valence-corrected chi connectivity index (χ0v) is 17.2. The number of para-hydroxylation sites is 1. The molecular formula is C23H25N3O4. The Balaban J connectivity index is 1.52. The van der Waals surface area contributed by atoms with Gasteiger partial charge in [0.15, 0.2) is 11.5 Å². The zero-order chi connectivity index (χ0) is 21.3. The van der Waals surface area contributed by atoms with E-state index >= 15 is 0 Å². The summed E-state index contributed by atoms with van der Waals surface area (Å²) in [5.41, 5.74) is 2.22. The van der Waals surface area contributed by atoms with Crippen molar-refractivity contribution in [2.75, 3.05) is 37.5 Å². The number of methoxy groups -OCH3 is 2. The fourth-order valence-electron chi connectivity index (χ4n) is 3.23. The number of rotatable bonds is 5. The molecule has 3 amide bonds. The minimum atomic E-state index is -0.394. The summed E-state index contributed by atoms with van der Waals surface area (Å²) in [6.07, 6.45) is 2.60. The van der Waals surface area contributed by atoms with Gasteiger partial charge in [-0.05, 0) is 49.2 Å². The van der Waals surface area contributed by atoms with Gasteiger partial charge in [0, 0.05) is 24.2 Å². The molecule has 1 aliphatic rings. The Labute approximate surface area is 176 Å². The third kappa shape index (κ3) is 5.23. The fourth-order valence-corrected chi connectivity index (χ4v) is 3.23. The lowest BCUT2D eigenvalue weighted by Crippen LogP contribution is -2.35. The molecule has 1 aliphatic heterocycles. The van der Waals surface area contributed by atoms with Crippen LogP contribution >= 0.6 is 0 Å². The van der Waals surface area contributed by atoms with E-state index in [1.54, 1.807) is 18.2 Å². The largest absolute Gasteiger partial charge is 0.493 e. The van der Waals surface area contributed by atoms with Gasteiger partial charge in [0.05, 0.1) is 26.5 Å². The van der Waals surface area contributed by atoms with E-state index in [0.717, 1.165) is 30.6 Å². The van der Waals surface area contributed by atoms with E-state index in [4.69, 9.17) is 9.47 Å². The highest BCUT2D eigenvalue weighted by molar-refractivity contribution is 5.94. The molecule has 3 rings (SSSR count). The lowest BCUT2D eigenvalue weighted by Gasteiger charge is -2.26. The van der Waals surface area contributed by atoms with E-state index in [2.05, 4.69) is 22.5 Å². The van der Waals surface area contributed by atoms with Gasteiger partial charge in [0.1, 0.15) is 0 Å². The number of nitrogens with one attached hydrogen (secondary N) is 2. The van der Waals surface area contributed by atoms with Crippen molar-refractivity contribution in [3.8, 4) is 23.3 Å². The van der Waals surface area contributed by atoms with E-state index in [1.807, 2.05) is 29.2 Å². The summed E-state index contributed by atoms with van der Waals surface area (Å²) >= 11 is 0. The van der Waals surface area contributed by atoms with Crippen LogP contribution in [0.5, 0.6) is 11.5 Å². The zero-order valence-electron chi connectivity index (χ0n) is 17.2. The van der Waals surface area contributed by atoms with Gasteiger partial charge in [-0.1, -0.05) is 17.9 Å². The summed E-state index contributed by atoms with van der Waals surface area (Å²) < 4.78 is 10.5. The summed E-state index contributed by atoms with van der Waals surface area (Å²) in [6, 6.07) is 12.4. The van der Waals surface area contributed by atoms with E-state index in [9.17, 15) is 9.59 Å². The molecule has 156 valence electrons. The van der Waals surface area contributed by atoms with Gasteiger partial charge in [-0.2, -0.15) is 0 Å². The number of ether oxygens (including phenoxy) is 2. The first kappa shape index (κ1) is 21.1. The molecule has 0 spiro atoms. The summed E-state index contributed by atoms with van der Waals surface area (Å²) in [6.45, 7) is 0.950. The Kier molecular flexibility index (Phi) is 7.17. The van der Waals surface area contributed by atoms with Crippen molar-refractivity contribution in [3.05, 3.63) is 48.0 Å². The van der Waals surface area contributed by atoms with Crippen LogP contribution in [0.15, 0.2) is 42.5 Å². The van der Waals surface area contributed by atoms with Crippen LogP contribution in [-0.2, 0) is 4.79 Å². The van der Waals surface area contributed by atoms with E-state index in [-0.39, 0.29) is 12.5 Å². The number of piperidine rings is 1. The number of anilines is 2. The van der Waals surface area contributed by atoms with Crippen molar-refractivity contribution in [3.63, 3.8) is 0 Å². The molecule has 2 aromatic rings. The molecule has 1 fully saturated rings. The minimum Gasteiger partial charge on any atom is -0.493 e. The van der Waals surface area contributed by atoms with E-state index < -0.39 is 6.03 Å². The van der Waals surface area contributed by atoms with Crippen LogP contribution in [0.2, 0.25) is 0 Å². The number of nitrogens with zero attached hydrogens (tertiary/aromatic N) is 1. The molecule has 7 heteroatoms. The molecule has 0 aliphatic carbocycles. The van der Waals surface area contributed by atoms with Gasteiger partial charge >= 0.3 is 6.03 Å². The smallest absolute Gasteiger partial charge is 0.320 e. The number of hydrogen-bond acceptors (Lipinski definition) is 4. The predicted molar refractivity (Wildman–Crippen MR) is 116 cm³/mol. The predicted octanol–water partition coefficient (Wildman–Crippen LogP) is 3.39. The molecule has 1 heterocycles. The van der Waals surface area contributed by atoms with Gasteiger partial charge < -0.3 is 25.0 Å². The van der Waals surface area contributed by atoms with Gasteiger partial charge in [-0.3, -0.25) is 4.79 Å². The van der Waals surface area contributed by atoms with Crippen LogP contribution in [0.4, 0.5) is 16.2 Å². The number of urea groups is 1. The van der Waals surface area contributed by atoms with Crippen LogP contribution in [-0.4, -0.2) is 39.2 Å². The first-order valence-corrected chi connectivity index (χ1v) is 9.77. The number of carbonyl (C=O) groups is 2. The molecule has 30 heavy (non-hydrogen) atoms. The second-order valence-corrected chi connectivity index (χ2v) is 6.70. The number of carbonyl (C=O) groups excluding carboxylic acids is 2. The second kappa shape index (κ2) is 10.2. The SMILES string of the molecule is COc1cccc(NC(=O)NCC#Cc2ccc(N3CCCCC3=O)cc2)c1OC. The molecule has 0 bridgehead atoms. The number of benzene rings is 2. The van der Waals surface area contributed by atoms with Crippen LogP contribution in [0, 0.1) is 11.8 Å². The third-order valence-corrected chi connectivity index (χ3v) is 4.72. The Bertz CT molecular complexity index is 961. The van der Waals surface area contributed by atoms with Gasteiger partial charge in [0.25, 0.3) is 0 Å². The third-order valence-electron chi connectivity index (χ3n) is 4.72. The first-order valence-electron chi connectivity index (χ1n) is 9.77. The molecule has 2 aromatic carbocycles. The summed E-state index contributed by atoms with van der Waals surface area (Å²) in [7, 11) is 3.05. The van der Waals surface area contributed by atoms with Gasteiger partial charge in [0.2, 0.25) is 5.91 Å². The minimum absolute atomic E-state index is 0.169. The molecule has 0 saturated carbocycles. The van der Waals surface area contributed by atoms with E-state index in [1.165, 1.54) is 14.2 Å². The highest BCUT2D eigenvalue weighted by atomic mass is 16.5. The Morgan fingerprint density at radius 2 is 1.90 bits per heavy atom. The maximum atomic E-state index is 12.1. The lowest BCUT2D eigenvalue weighted by atomic mass is 10.1. The summed E-state index contributed by atoms with van der Waals surface area (Å²) in [4.78, 5) is 25.9. The lowest BCUT2D eigenvalue weighted by molar-refractivity contribution is -0.119. The maximum absolute atomic E-state index is 12.1. The Morgan fingerprint density at radius 1 is 1.10 bits per heavy atom. The molecule has 7 nitrogen and oxygen atoms in total. The Morgan fingerprint density at radius 3 is 2.60 bits per heavy atom. The van der Waals surface area contributed by atoms with Crippen molar-refractivity contribution in [1.29, 1.82) is 0 Å². The number of amides is 3. The highest BCUT2D eigenvalue weighted by Crippen LogP contribution is 2.34. The highest BCUT2D eigenvalue weighted by Gasteiger charge is 2.19. The standard InChI is InChI=1S/C23H25N3O4/c1-29-20-9-5-8-19(22(20)30-2)25-23(28)24-15-6-7-17-11-13-18(14-12-17)26-16-4-3-10-21(26)27/h5,8-9,11-14H,3-4,10,15-16H2,1-2H3,(H2,24,25,28). The van der Waals surface area contributed by atoms with Crippen LogP contribution in [0.3, 0.4) is 0 Å². The van der Waals surface area contributed by atoms with Gasteiger partial charge in [-0.25, -0.2) is 4.79 Å². The quantitative estimate of drug-likeness (QED) is 0.745. The fraction of sp³-hybridized carbons (Fsp3) is 0.304. The van der Waals surface area contributed by atoms with Crippen LogP contribution in [0.25, 0.3) is 0 Å². The van der Waals surface area contributed by atoms with Crippen molar-refractivity contribution < 1.29 is 19.1 Å². The molecule has 0 radical (unpaired) electrons. The summed E-state index contributed by atoms with van der Waals surface area (Å²) in [5.74, 6) is 7.08. The molecule has 2 N–H and O–H groups in total. The average molecular weight is 407 g/mol. The normalized spacial score (nSPS) is 13.1. The van der Waals surface area contributed by atoms with Crippen molar-refractivity contribution in [2.24, 2.45) is 0 Å². The maximum Gasteiger partial charge on any atom is 0.320 e. The van der Waals surface area contributed by atoms with Gasteiger partial charge in [-0.15, -0.1) is 0 Å².